The summed E-state index contributed by atoms with van der Waals surface area (Å²) in [5, 5.41) is 0.542. The van der Waals surface area contributed by atoms with E-state index in [2.05, 4.69) is 11.9 Å². The summed E-state index contributed by atoms with van der Waals surface area (Å²) in [6.07, 6.45) is 5.64. The van der Waals surface area contributed by atoms with Crippen molar-refractivity contribution in [2.24, 2.45) is 22.4 Å². The molecule has 3 rings (SSSR count). The first-order valence-corrected chi connectivity index (χ1v) is 12.6. The molecule has 1 heterocycles. The van der Waals surface area contributed by atoms with E-state index < -0.39 is 22.1 Å². The molecule has 3 atom stereocenters. The number of unbranched alkanes of at least 4 members (excludes halogenated alkanes) is 1. The lowest BCUT2D eigenvalue weighted by Gasteiger charge is -2.37. The van der Waals surface area contributed by atoms with Crippen LogP contribution in [0.1, 0.15) is 69.5 Å². The van der Waals surface area contributed by atoms with Crippen molar-refractivity contribution in [1.29, 1.82) is 0 Å². The molecular formula is C22H31ClN4O3S. The molecule has 0 saturated carbocycles. The van der Waals surface area contributed by atoms with Crippen LogP contribution >= 0.6 is 11.6 Å². The first-order chi connectivity index (χ1) is 14.6. The molecule has 1 aromatic carbocycles. The topological polar surface area (TPSA) is 119 Å². The van der Waals surface area contributed by atoms with Crippen LogP contribution in [-0.4, -0.2) is 37.1 Å². The van der Waals surface area contributed by atoms with Gasteiger partial charge < -0.3 is 11.5 Å². The first-order valence-electron chi connectivity index (χ1n) is 10.8. The second-order valence-corrected chi connectivity index (χ2v) is 10.7. The van der Waals surface area contributed by atoms with E-state index in [0.717, 1.165) is 19.3 Å². The summed E-state index contributed by atoms with van der Waals surface area (Å²) < 4.78 is 28.6. The number of guanidine groups is 1. The average Bonchev–Trinajstić information content (AvgIpc) is 2.73. The SMILES string of the molecule is CCCCC(=O)C1CC(C)CCN1S(=O)(=O)c1ccc2c(c1)C(N=C(N)N)CC=C2Cl. The minimum Gasteiger partial charge on any atom is -0.370 e. The third kappa shape index (κ3) is 5.13. The lowest BCUT2D eigenvalue weighted by molar-refractivity contribution is -0.124. The van der Waals surface area contributed by atoms with Crippen molar-refractivity contribution >= 4 is 38.4 Å². The number of fused-ring (bicyclic) bond motifs is 1. The van der Waals surface area contributed by atoms with Gasteiger partial charge in [-0.05, 0) is 54.9 Å². The first kappa shape index (κ1) is 23.8. The number of benzene rings is 1. The maximum atomic E-state index is 13.6. The molecule has 1 fully saturated rings. The van der Waals surface area contributed by atoms with Crippen molar-refractivity contribution < 1.29 is 13.2 Å². The number of sulfonamides is 1. The van der Waals surface area contributed by atoms with Crippen LogP contribution in [0.3, 0.4) is 0 Å². The van der Waals surface area contributed by atoms with Gasteiger partial charge in [-0.1, -0.05) is 44.0 Å². The normalized spacial score (nSPS) is 24.2. The number of piperidine rings is 1. The maximum Gasteiger partial charge on any atom is 0.243 e. The van der Waals surface area contributed by atoms with Gasteiger partial charge in [-0.25, -0.2) is 13.4 Å². The van der Waals surface area contributed by atoms with Crippen LogP contribution in [0.2, 0.25) is 0 Å². The summed E-state index contributed by atoms with van der Waals surface area (Å²) in [5.41, 5.74) is 12.5. The van der Waals surface area contributed by atoms with Crippen molar-refractivity contribution in [3.63, 3.8) is 0 Å². The monoisotopic (exact) mass is 466 g/mol. The van der Waals surface area contributed by atoms with Crippen molar-refractivity contribution in [3.8, 4) is 0 Å². The van der Waals surface area contributed by atoms with Gasteiger partial charge in [-0.3, -0.25) is 4.79 Å². The Hall–Kier alpha value is -1.90. The molecule has 0 bridgehead atoms. The van der Waals surface area contributed by atoms with E-state index in [1.54, 1.807) is 18.2 Å². The van der Waals surface area contributed by atoms with Gasteiger partial charge in [0, 0.05) is 18.0 Å². The number of nitrogens with zero attached hydrogens (tertiary/aromatic N) is 2. The Morgan fingerprint density at radius 2 is 2.06 bits per heavy atom. The fraction of sp³-hybridized carbons (Fsp3) is 0.545. The summed E-state index contributed by atoms with van der Waals surface area (Å²) in [7, 11) is -3.87. The molecule has 31 heavy (non-hydrogen) atoms. The maximum absolute atomic E-state index is 13.6. The molecule has 1 aliphatic heterocycles. The second-order valence-electron chi connectivity index (χ2n) is 8.44. The minimum absolute atomic E-state index is 0.000653. The zero-order valence-electron chi connectivity index (χ0n) is 18.1. The van der Waals surface area contributed by atoms with Crippen LogP contribution < -0.4 is 11.5 Å². The molecule has 170 valence electrons. The number of nitrogens with two attached hydrogens (primary N) is 2. The summed E-state index contributed by atoms with van der Waals surface area (Å²) in [5.74, 6) is 0.238. The van der Waals surface area contributed by atoms with E-state index >= 15 is 0 Å². The smallest absolute Gasteiger partial charge is 0.243 e. The molecule has 2 aliphatic rings. The fourth-order valence-corrected chi connectivity index (χ4v) is 6.23. The lowest BCUT2D eigenvalue weighted by Crippen LogP contribution is -2.49. The number of Topliss-reactive ketones (excluding diaryl/α,β-unsaturated/α-hetero) is 1. The van der Waals surface area contributed by atoms with E-state index in [0.29, 0.717) is 47.9 Å². The van der Waals surface area contributed by atoms with Gasteiger partial charge in [0.2, 0.25) is 10.0 Å². The third-order valence-electron chi connectivity index (χ3n) is 6.04. The molecule has 1 aromatic rings. The van der Waals surface area contributed by atoms with Gasteiger partial charge in [0.15, 0.2) is 11.7 Å². The summed E-state index contributed by atoms with van der Waals surface area (Å²) in [4.78, 5) is 17.2. The highest BCUT2D eigenvalue weighted by molar-refractivity contribution is 7.89. The molecule has 4 N–H and O–H groups in total. The Morgan fingerprint density at radius 1 is 1.32 bits per heavy atom. The minimum atomic E-state index is -3.87. The number of halogens is 1. The number of carbonyl (C=O) groups is 1. The van der Waals surface area contributed by atoms with Crippen LogP contribution in [0.25, 0.3) is 5.03 Å². The lowest BCUT2D eigenvalue weighted by atomic mass is 9.90. The van der Waals surface area contributed by atoms with Crippen molar-refractivity contribution in [2.45, 2.75) is 69.4 Å². The quantitative estimate of drug-likeness (QED) is 0.470. The Kier molecular flexibility index (Phi) is 7.44. The van der Waals surface area contributed by atoms with Gasteiger partial charge in [0.05, 0.1) is 17.0 Å². The Morgan fingerprint density at radius 3 is 2.74 bits per heavy atom. The van der Waals surface area contributed by atoms with Gasteiger partial charge >= 0.3 is 0 Å². The van der Waals surface area contributed by atoms with Crippen LogP contribution in [0, 0.1) is 5.92 Å². The van der Waals surface area contributed by atoms with E-state index in [4.69, 9.17) is 23.1 Å². The predicted molar refractivity (Wildman–Crippen MR) is 124 cm³/mol. The number of hydrogen-bond donors (Lipinski definition) is 2. The number of ketones is 1. The Labute approximate surface area is 189 Å². The van der Waals surface area contributed by atoms with Crippen molar-refractivity contribution in [2.75, 3.05) is 6.54 Å². The van der Waals surface area contributed by atoms with Crippen LogP contribution in [0.15, 0.2) is 34.2 Å². The molecule has 1 aliphatic carbocycles. The molecule has 0 amide bonds. The number of carbonyl (C=O) groups excluding carboxylic acids is 1. The molecule has 0 spiro atoms. The van der Waals surface area contributed by atoms with Gasteiger partial charge in [-0.15, -0.1) is 0 Å². The fourth-order valence-electron chi connectivity index (χ4n) is 4.30. The molecule has 9 heteroatoms. The number of rotatable bonds is 7. The Bertz CT molecular complexity index is 1000. The second kappa shape index (κ2) is 9.71. The standard InChI is InChI=1S/C22H31ClN4O3S/c1-3-4-5-21(28)20-12-14(2)10-11-27(20)31(29,30)15-6-7-16-17(13-15)19(26-22(24)25)9-8-18(16)23/h6-8,13-14,19-20H,3-5,9-12H2,1-2H3,(H4,24,25,26). The van der Waals surface area contributed by atoms with Crippen molar-refractivity contribution in [3.05, 3.63) is 35.4 Å². The number of aliphatic imine (C=N–C) groups is 1. The molecule has 0 aromatic heterocycles. The summed E-state index contributed by atoms with van der Waals surface area (Å²) in [6, 6.07) is 3.82. The molecule has 1 saturated heterocycles. The van der Waals surface area contributed by atoms with E-state index in [-0.39, 0.29) is 16.6 Å². The molecular weight excluding hydrogens is 436 g/mol. The van der Waals surface area contributed by atoms with Gasteiger partial charge in [-0.2, -0.15) is 4.31 Å². The van der Waals surface area contributed by atoms with Gasteiger partial charge in [0.25, 0.3) is 0 Å². The highest BCUT2D eigenvalue weighted by Crippen LogP contribution is 2.39. The van der Waals surface area contributed by atoms with E-state index in [1.807, 2.05) is 13.0 Å². The summed E-state index contributed by atoms with van der Waals surface area (Å²) >= 11 is 6.34. The van der Waals surface area contributed by atoms with Gasteiger partial charge in [0.1, 0.15) is 0 Å². The molecule has 0 radical (unpaired) electrons. The highest BCUT2D eigenvalue weighted by Gasteiger charge is 2.39. The summed E-state index contributed by atoms with van der Waals surface area (Å²) in [6.45, 7) is 4.42. The number of hydrogen-bond acceptors (Lipinski definition) is 4. The van der Waals surface area contributed by atoms with Crippen LogP contribution in [0.5, 0.6) is 0 Å². The molecule has 7 nitrogen and oxygen atoms in total. The Balaban J connectivity index is 2.00. The van der Waals surface area contributed by atoms with E-state index in [9.17, 15) is 13.2 Å². The van der Waals surface area contributed by atoms with E-state index in [1.165, 1.54) is 4.31 Å². The van der Waals surface area contributed by atoms with Crippen molar-refractivity contribution in [1.82, 2.24) is 4.31 Å². The highest BCUT2D eigenvalue weighted by atomic mass is 35.5. The zero-order valence-corrected chi connectivity index (χ0v) is 19.6. The van der Waals surface area contributed by atoms with Crippen LogP contribution in [0.4, 0.5) is 0 Å². The largest absolute Gasteiger partial charge is 0.370 e. The third-order valence-corrected chi connectivity index (χ3v) is 8.30. The average molecular weight is 467 g/mol. The van der Waals surface area contributed by atoms with Crippen LogP contribution in [-0.2, 0) is 14.8 Å². The predicted octanol–water partition coefficient (Wildman–Crippen LogP) is 3.53. The zero-order chi connectivity index (χ0) is 22.8. The molecule has 3 unspecified atom stereocenters.